The number of rotatable bonds is 7. The van der Waals surface area contributed by atoms with Gasteiger partial charge in [0.2, 0.25) is 0 Å². The van der Waals surface area contributed by atoms with Gasteiger partial charge >= 0.3 is 0 Å². The molecule has 0 unspecified atom stereocenters. The molecule has 0 saturated heterocycles. The Morgan fingerprint density at radius 3 is 2.58 bits per heavy atom. The second kappa shape index (κ2) is 7.83. The average molecular weight is 348 g/mol. The molecule has 1 amide bonds. The summed E-state index contributed by atoms with van der Waals surface area (Å²) in [7, 11) is -2.29. The van der Waals surface area contributed by atoms with Crippen molar-refractivity contribution in [1.82, 2.24) is 5.32 Å². The molecule has 0 radical (unpaired) electrons. The highest BCUT2D eigenvalue weighted by molar-refractivity contribution is 7.92. The van der Waals surface area contributed by atoms with Gasteiger partial charge in [-0.3, -0.25) is 9.52 Å². The topological polar surface area (TPSA) is 84.5 Å². The number of hydrogen-bond acceptors (Lipinski definition) is 4. The van der Waals surface area contributed by atoms with Crippen molar-refractivity contribution < 1.29 is 17.9 Å². The third kappa shape index (κ3) is 4.48. The van der Waals surface area contributed by atoms with Crippen LogP contribution in [0.5, 0.6) is 5.75 Å². The lowest BCUT2D eigenvalue weighted by molar-refractivity contribution is 0.0953. The number of ether oxygens (including phenoxy) is 1. The molecule has 0 heterocycles. The lowest BCUT2D eigenvalue weighted by Gasteiger charge is -2.10. The van der Waals surface area contributed by atoms with Gasteiger partial charge in [-0.15, -0.1) is 0 Å². The molecule has 0 bridgehead atoms. The molecule has 6 nitrogen and oxygen atoms in total. The fourth-order valence-electron chi connectivity index (χ4n) is 2.05. The maximum Gasteiger partial charge on any atom is 0.261 e. The normalized spacial score (nSPS) is 10.9. The zero-order valence-corrected chi connectivity index (χ0v) is 14.4. The zero-order valence-electron chi connectivity index (χ0n) is 13.6. The van der Waals surface area contributed by atoms with Crippen LogP contribution in [0.4, 0.5) is 5.69 Å². The Bertz CT molecular complexity index is 819. The Kier molecular flexibility index (Phi) is 5.81. The molecule has 0 spiro atoms. The van der Waals surface area contributed by atoms with Crippen molar-refractivity contribution in [1.29, 1.82) is 0 Å². The first-order valence-electron chi connectivity index (χ1n) is 7.51. The van der Waals surface area contributed by atoms with E-state index in [1.54, 1.807) is 36.4 Å². The van der Waals surface area contributed by atoms with E-state index in [1.165, 1.54) is 19.2 Å². The molecule has 0 fully saturated rings. The summed E-state index contributed by atoms with van der Waals surface area (Å²) in [6.45, 7) is 2.48. The van der Waals surface area contributed by atoms with Crippen LogP contribution in [0.25, 0.3) is 0 Å². The second-order valence-electron chi connectivity index (χ2n) is 5.12. The van der Waals surface area contributed by atoms with Crippen LogP contribution in [0.1, 0.15) is 23.7 Å². The van der Waals surface area contributed by atoms with Crippen molar-refractivity contribution in [3.05, 3.63) is 54.1 Å². The van der Waals surface area contributed by atoms with E-state index in [1.807, 2.05) is 6.92 Å². The standard InChI is InChI=1S/C17H20N2O4S/c1-3-10-18-17(20)13-6-4-9-16(11-13)24(21,22)19-14-7-5-8-15(12-14)23-2/h4-9,11-12,19H,3,10H2,1-2H3,(H,18,20). The van der Waals surface area contributed by atoms with Crippen molar-refractivity contribution in [2.45, 2.75) is 18.2 Å². The van der Waals surface area contributed by atoms with E-state index in [0.717, 1.165) is 6.42 Å². The lowest BCUT2D eigenvalue weighted by Crippen LogP contribution is -2.24. The lowest BCUT2D eigenvalue weighted by atomic mass is 10.2. The van der Waals surface area contributed by atoms with Crippen LogP contribution in [0.2, 0.25) is 0 Å². The number of nitrogens with one attached hydrogen (secondary N) is 2. The molecule has 2 rings (SSSR count). The van der Waals surface area contributed by atoms with Crippen LogP contribution in [0.15, 0.2) is 53.4 Å². The number of carbonyl (C=O) groups excluding carboxylic acids is 1. The average Bonchev–Trinajstić information content (AvgIpc) is 2.59. The Labute approximate surface area is 141 Å². The molecule has 128 valence electrons. The molecule has 0 aliphatic rings. The van der Waals surface area contributed by atoms with E-state index < -0.39 is 10.0 Å². The SMILES string of the molecule is CCCNC(=O)c1cccc(S(=O)(=O)Nc2cccc(OC)c2)c1. The highest BCUT2D eigenvalue weighted by atomic mass is 32.2. The summed E-state index contributed by atoms with van der Waals surface area (Å²) in [4.78, 5) is 12.0. The van der Waals surface area contributed by atoms with Crippen LogP contribution in [-0.4, -0.2) is 28.0 Å². The minimum atomic E-state index is -3.80. The van der Waals surface area contributed by atoms with Crippen molar-refractivity contribution in [2.24, 2.45) is 0 Å². The Hall–Kier alpha value is -2.54. The zero-order chi connectivity index (χ0) is 17.6. The third-order valence-electron chi connectivity index (χ3n) is 3.26. The van der Waals surface area contributed by atoms with Crippen molar-refractivity contribution in [2.75, 3.05) is 18.4 Å². The minimum Gasteiger partial charge on any atom is -0.497 e. The fourth-order valence-corrected chi connectivity index (χ4v) is 3.14. The fraction of sp³-hybridized carbons (Fsp3) is 0.235. The summed E-state index contributed by atoms with van der Waals surface area (Å²) in [6.07, 6.45) is 0.807. The van der Waals surface area contributed by atoms with Gasteiger partial charge < -0.3 is 10.1 Å². The molecule has 0 saturated carbocycles. The van der Waals surface area contributed by atoms with Gasteiger partial charge in [-0.25, -0.2) is 8.42 Å². The van der Waals surface area contributed by atoms with Crippen LogP contribution in [0.3, 0.4) is 0 Å². The number of methoxy groups -OCH3 is 1. The van der Waals surface area contributed by atoms with E-state index in [9.17, 15) is 13.2 Å². The van der Waals surface area contributed by atoms with Gasteiger partial charge in [0.15, 0.2) is 0 Å². The summed E-state index contributed by atoms with van der Waals surface area (Å²) in [5.41, 5.74) is 0.687. The molecule has 2 aromatic rings. The molecular formula is C17H20N2O4S. The first kappa shape index (κ1) is 17.8. The molecule has 24 heavy (non-hydrogen) atoms. The predicted molar refractivity (Wildman–Crippen MR) is 92.9 cm³/mol. The number of benzene rings is 2. The molecule has 2 N–H and O–H groups in total. The molecule has 7 heteroatoms. The largest absolute Gasteiger partial charge is 0.497 e. The number of anilines is 1. The van der Waals surface area contributed by atoms with Gasteiger partial charge in [-0.1, -0.05) is 19.1 Å². The van der Waals surface area contributed by atoms with Gasteiger partial charge in [-0.05, 0) is 36.8 Å². The highest BCUT2D eigenvalue weighted by Gasteiger charge is 2.16. The van der Waals surface area contributed by atoms with Crippen LogP contribution < -0.4 is 14.8 Å². The summed E-state index contributed by atoms with van der Waals surface area (Å²) >= 11 is 0. The highest BCUT2D eigenvalue weighted by Crippen LogP contribution is 2.21. The maximum absolute atomic E-state index is 12.5. The Balaban J connectivity index is 2.24. The van der Waals surface area contributed by atoms with E-state index in [-0.39, 0.29) is 10.8 Å². The van der Waals surface area contributed by atoms with Crippen molar-refractivity contribution in [3.63, 3.8) is 0 Å². The number of sulfonamides is 1. The molecule has 2 aromatic carbocycles. The van der Waals surface area contributed by atoms with Crippen molar-refractivity contribution in [3.8, 4) is 5.75 Å². The van der Waals surface area contributed by atoms with Crippen LogP contribution in [0, 0.1) is 0 Å². The van der Waals surface area contributed by atoms with Gasteiger partial charge in [0.25, 0.3) is 15.9 Å². The molecule has 0 aliphatic carbocycles. The van der Waals surface area contributed by atoms with Gasteiger partial charge in [-0.2, -0.15) is 0 Å². The minimum absolute atomic E-state index is 0.0227. The van der Waals surface area contributed by atoms with E-state index >= 15 is 0 Å². The monoisotopic (exact) mass is 348 g/mol. The van der Waals surface area contributed by atoms with Crippen LogP contribution >= 0.6 is 0 Å². The van der Waals surface area contributed by atoms with E-state index in [2.05, 4.69) is 10.0 Å². The van der Waals surface area contributed by atoms with Crippen LogP contribution in [-0.2, 0) is 10.0 Å². The maximum atomic E-state index is 12.5. The molecule has 0 aromatic heterocycles. The third-order valence-corrected chi connectivity index (χ3v) is 4.64. The van der Waals surface area contributed by atoms with Gasteiger partial charge in [0.05, 0.1) is 17.7 Å². The smallest absolute Gasteiger partial charge is 0.261 e. The number of amides is 1. The predicted octanol–water partition coefficient (Wildman–Crippen LogP) is 2.64. The molecule has 0 atom stereocenters. The number of carbonyl (C=O) groups is 1. The summed E-state index contributed by atoms with van der Waals surface area (Å²) in [6, 6.07) is 12.5. The Morgan fingerprint density at radius 2 is 1.88 bits per heavy atom. The quantitative estimate of drug-likeness (QED) is 0.805. The summed E-state index contributed by atoms with van der Waals surface area (Å²) in [5, 5.41) is 2.72. The van der Waals surface area contributed by atoms with E-state index in [0.29, 0.717) is 23.5 Å². The van der Waals surface area contributed by atoms with Crippen molar-refractivity contribution >= 4 is 21.6 Å². The summed E-state index contributed by atoms with van der Waals surface area (Å²) < 4.78 is 32.6. The van der Waals surface area contributed by atoms with Gasteiger partial charge in [0.1, 0.15) is 5.75 Å². The molecular weight excluding hydrogens is 328 g/mol. The second-order valence-corrected chi connectivity index (χ2v) is 6.80. The molecule has 0 aliphatic heterocycles. The van der Waals surface area contributed by atoms with Gasteiger partial charge in [0, 0.05) is 18.2 Å². The first-order chi connectivity index (χ1) is 11.5. The summed E-state index contributed by atoms with van der Waals surface area (Å²) in [5.74, 6) is 0.248. The number of hydrogen-bond donors (Lipinski definition) is 2. The van der Waals surface area contributed by atoms with E-state index in [4.69, 9.17) is 4.74 Å². The first-order valence-corrected chi connectivity index (χ1v) is 8.99. The Morgan fingerprint density at radius 1 is 1.12 bits per heavy atom.